The number of rotatable bonds is 6. The van der Waals surface area contributed by atoms with E-state index in [0.717, 1.165) is 0 Å². The molecule has 0 saturated heterocycles. The topological polar surface area (TPSA) is 0 Å². The molecule has 0 N–H and O–H groups in total. The van der Waals surface area contributed by atoms with Crippen LogP contribution in [0.4, 0.5) is 0 Å². The molecule has 0 aliphatic rings. The summed E-state index contributed by atoms with van der Waals surface area (Å²) in [5.41, 5.74) is 0. The van der Waals surface area contributed by atoms with Crippen LogP contribution in [0.15, 0.2) is 102 Å². The Kier molecular flexibility index (Phi) is 6.43. The third-order valence-electron chi connectivity index (χ3n) is 5.70. The zero-order chi connectivity index (χ0) is 19.3. The third kappa shape index (κ3) is 4.47. The van der Waals surface area contributed by atoms with Crippen molar-refractivity contribution in [3.63, 3.8) is 0 Å². The number of allylic oxidation sites excluding steroid dienone is 2. The van der Waals surface area contributed by atoms with Crippen LogP contribution >= 0.6 is 0 Å². The van der Waals surface area contributed by atoms with E-state index >= 15 is 0 Å². The van der Waals surface area contributed by atoms with Crippen LogP contribution in [-0.4, -0.2) is 26.5 Å². The summed E-state index contributed by atoms with van der Waals surface area (Å²) < 4.78 is 5.86. The van der Waals surface area contributed by atoms with Gasteiger partial charge in [0.2, 0.25) is 0 Å². The molecule has 0 spiro atoms. The Balaban J connectivity index is 2.26. The normalized spacial score (nSPS) is 12.8. The standard InChI is InChI=1S/C7H15Si.3C6H5.Sn/c1-6-7(2)8(3,4)5;3*1-2-4-6-5-3-1;/h6H,1H2,2-5H3;3*1-5H;/b7-6+;;;;. The zero-order valence-corrected chi connectivity index (χ0v) is 20.8. The minimum atomic E-state index is -3.11. The molecule has 3 rings (SSSR count). The summed E-state index contributed by atoms with van der Waals surface area (Å²) in [6.07, 6.45) is 2.59. The fraction of sp³-hybridized carbons (Fsp3) is 0.200. The molecule has 3 aromatic carbocycles. The molecule has 0 heterocycles. The number of hydrogen-bond acceptors (Lipinski definition) is 0. The fourth-order valence-corrected chi connectivity index (χ4v) is 18.1. The van der Waals surface area contributed by atoms with Gasteiger partial charge in [0.05, 0.1) is 0 Å². The summed E-state index contributed by atoms with van der Waals surface area (Å²) in [4.78, 5) is 0. The van der Waals surface area contributed by atoms with Crippen molar-refractivity contribution in [2.24, 2.45) is 0 Å². The molecule has 0 aliphatic carbocycles. The molecule has 0 nitrogen and oxygen atoms in total. The maximum absolute atomic E-state index is 3.11. The Morgan fingerprint density at radius 3 is 1.30 bits per heavy atom. The first-order valence-electron chi connectivity index (χ1n) is 9.78. The molecule has 0 bridgehead atoms. The van der Waals surface area contributed by atoms with Gasteiger partial charge in [0.25, 0.3) is 0 Å². The van der Waals surface area contributed by atoms with Crippen molar-refractivity contribution in [2.45, 2.75) is 31.0 Å². The van der Waals surface area contributed by atoms with Crippen LogP contribution in [0.1, 0.15) is 6.92 Å². The van der Waals surface area contributed by atoms with Gasteiger partial charge in [0, 0.05) is 0 Å². The van der Waals surface area contributed by atoms with Gasteiger partial charge in [0.15, 0.2) is 0 Å². The van der Waals surface area contributed by atoms with Crippen LogP contribution in [-0.2, 0) is 0 Å². The summed E-state index contributed by atoms with van der Waals surface area (Å²) >= 11 is -3.11. The van der Waals surface area contributed by atoms with E-state index in [2.05, 4.69) is 124 Å². The van der Waals surface area contributed by atoms with Gasteiger partial charge in [-0.2, -0.15) is 0 Å². The molecule has 0 amide bonds. The van der Waals surface area contributed by atoms with Gasteiger partial charge in [-0.15, -0.1) is 0 Å². The fourth-order valence-electron chi connectivity index (χ4n) is 3.63. The zero-order valence-electron chi connectivity index (χ0n) is 16.9. The molecular weight excluding hydrogens is 447 g/mol. The molecule has 0 aromatic heterocycles. The Bertz CT molecular complexity index is 781. The Labute approximate surface area is 169 Å². The van der Waals surface area contributed by atoms with Crippen LogP contribution in [0, 0.1) is 0 Å². The van der Waals surface area contributed by atoms with E-state index < -0.39 is 26.5 Å². The second kappa shape index (κ2) is 8.62. The Morgan fingerprint density at radius 2 is 1.00 bits per heavy atom. The molecule has 0 fully saturated rings. The first-order chi connectivity index (χ1) is 12.9. The van der Waals surface area contributed by atoms with Crippen molar-refractivity contribution in [1.29, 1.82) is 0 Å². The van der Waals surface area contributed by atoms with Crippen molar-refractivity contribution in [3.05, 3.63) is 102 Å². The van der Waals surface area contributed by atoms with Crippen LogP contribution < -0.4 is 10.7 Å². The van der Waals surface area contributed by atoms with Gasteiger partial charge in [-0.25, -0.2) is 0 Å². The number of benzene rings is 3. The van der Waals surface area contributed by atoms with E-state index in [9.17, 15) is 0 Å². The molecule has 0 saturated carbocycles. The number of hydrogen-bond donors (Lipinski definition) is 0. The van der Waals surface area contributed by atoms with Gasteiger partial charge in [-0.1, -0.05) is 0 Å². The predicted molar refractivity (Wildman–Crippen MR) is 126 cm³/mol. The van der Waals surface area contributed by atoms with Gasteiger partial charge < -0.3 is 0 Å². The molecule has 0 atom stereocenters. The van der Waals surface area contributed by atoms with E-state index in [4.69, 9.17) is 0 Å². The van der Waals surface area contributed by atoms with Gasteiger partial charge >= 0.3 is 170 Å². The maximum atomic E-state index is 2.59. The van der Waals surface area contributed by atoms with Gasteiger partial charge in [-0.3, -0.25) is 0 Å². The van der Waals surface area contributed by atoms with Crippen LogP contribution in [0.3, 0.4) is 0 Å². The van der Waals surface area contributed by atoms with E-state index in [1.165, 1.54) is 4.44 Å². The molecule has 27 heavy (non-hydrogen) atoms. The van der Waals surface area contributed by atoms with E-state index in [1.54, 1.807) is 15.9 Å². The second-order valence-electron chi connectivity index (χ2n) is 8.34. The monoisotopic (exact) mass is 478 g/mol. The van der Waals surface area contributed by atoms with E-state index in [1.807, 2.05) is 0 Å². The van der Waals surface area contributed by atoms with Crippen molar-refractivity contribution in [2.75, 3.05) is 0 Å². The van der Waals surface area contributed by atoms with E-state index in [0.29, 0.717) is 0 Å². The summed E-state index contributed by atoms with van der Waals surface area (Å²) in [6, 6.07) is 33.9. The van der Waals surface area contributed by atoms with Crippen LogP contribution in [0.25, 0.3) is 0 Å². The molecule has 3 aromatic rings. The predicted octanol–water partition coefficient (Wildman–Crippen LogP) is 4.98. The molecule has 0 aliphatic heterocycles. The molecular formula is C25H30SiSn. The van der Waals surface area contributed by atoms with E-state index in [-0.39, 0.29) is 0 Å². The van der Waals surface area contributed by atoms with Gasteiger partial charge in [-0.05, 0) is 0 Å². The van der Waals surface area contributed by atoms with Gasteiger partial charge in [0.1, 0.15) is 0 Å². The molecule has 0 radical (unpaired) electrons. The van der Waals surface area contributed by atoms with Crippen LogP contribution in [0.5, 0.6) is 0 Å². The molecule has 0 unspecified atom stereocenters. The van der Waals surface area contributed by atoms with Crippen molar-refractivity contribution in [3.8, 4) is 0 Å². The minimum absolute atomic E-state index is 1.18. The average molecular weight is 477 g/mol. The Morgan fingerprint density at radius 1 is 0.667 bits per heavy atom. The summed E-state index contributed by atoms with van der Waals surface area (Å²) in [5, 5.41) is 1.62. The summed E-state index contributed by atoms with van der Waals surface area (Å²) in [5.74, 6) is 0. The van der Waals surface area contributed by atoms with Crippen molar-refractivity contribution in [1.82, 2.24) is 0 Å². The third-order valence-corrected chi connectivity index (χ3v) is 21.9. The summed E-state index contributed by atoms with van der Waals surface area (Å²) in [7, 11) is -1.27. The second-order valence-corrected chi connectivity index (χ2v) is 24.9. The Hall–Kier alpha value is -1.58. The van der Waals surface area contributed by atoms with Crippen molar-refractivity contribution < 1.29 is 0 Å². The summed E-state index contributed by atoms with van der Waals surface area (Å²) in [6.45, 7) is 9.70. The van der Waals surface area contributed by atoms with Crippen molar-refractivity contribution >= 4 is 37.2 Å². The first kappa shape index (κ1) is 20.2. The van der Waals surface area contributed by atoms with Crippen LogP contribution in [0.2, 0.25) is 24.1 Å². The molecule has 138 valence electrons. The quantitative estimate of drug-likeness (QED) is 0.440. The average Bonchev–Trinajstić information content (AvgIpc) is 2.70. The SMILES string of the molecule is C/C(=C\[CH2][Sn]([c]1ccccc1)([c]1ccccc1)[c]1ccccc1)[Si](C)(C)C. The first-order valence-corrected chi connectivity index (χ1v) is 19.6. The molecule has 2 heteroatoms.